The summed E-state index contributed by atoms with van der Waals surface area (Å²) >= 11 is 0. The summed E-state index contributed by atoms with van der Waals surface area (Å²) in [7, 11) is -2.10. The van der Waals surface area contributed by atoms with Crippen molar-refractivity contribution >= 4 is 10.2 Å². The summed E-state index contributed by atoms with van der Waals surface area (Å²) in [6, 6.07) is -0.158. The lowest BCUT2D eigenvalue weighted by Gasteiger charge is -2.28. The predicted octanol–water partition coefficient (Wildman–Crippen LogP) is -1.14. The molecule has 0 aliphatic heterocycles. The molecule has 0 amide bonds. The molecular weight excluding hydrogens is 220 g/mol. The van der Waals surface area contributed by atoms with Gasteiger partial charge in [-0.05, 0) is 13.8 Å². The standard InChI is InChI=1S/C8H20N2O4S/c1-8(2)9(3)15(13,14)10(4-6-11)5-7-12/h8,11-12H,4-7H2,1-3H3. The summed E-state index contributed by atoms with van der Waals surface area (Å²) in [5.41, 5.74) is 0. The summed E-state index contributed by atoms with van der Waals surface area (Å²) in [5, 5.41) is 17.5. The van der Waals surface area contributed by atoms with E-state index in [1.54, 1.807) is 13.8 Å². The Balaban J connectivity index is 4.78. The highest BCUT2D eigenvalue weighted by molar-refractivity contribution is 7.86. The van der Waals surface area contributed by atoms with Gasteiger partial charge in [0.2, 0.25) is 0 Å². The Morgan fingerprint density at radius 2 is 1.53 bits per heavy atom. The van der Waals surface area contributed by atoms with Crippen LogP contribution >= 0.6 is 0 Å². The molecule has 6 nitrogen and oxygen atoms in total. The Hall–Kier alpha value is -0.210. The van der Waals surface area contributed by atoms with E-state index in [0.717, 1.165) is 4.31 Å². The molecule has 0 unspecified atom stereocenters. The van der Waals surface area contributed by atoms with Crippen LogP contribution in [-0.4, -0.2) is 66.6 Å². The van der Waals surface area contributed by atoms with Crippen molar-refractivity contribution in [2.24, 2.45) is 0 Å². The molecule has 0 saturated heterocycles. The maximum absolute atomic E-state index is 11.9. The summed E-state index contributed by atoms with van der Waals surface area (Å²) < 4.78 is 26.0. The van der Waals surface area contributed by atoms with Crippen LogP contribution in [0.4, 0.5) is 0 Å². The summed E-state index contributed by atoms with van der Waals surface area (Å²) in [6.07, 6.45) is 0. The van der Waals surface area contributed by atoms with Crippen LogP contribution in [0.25, 0.3) is 0 Å². The molecule has 0 aliphatic carbocycles. The van der Waals surface area contributed by atoms with Crippen LogP contribution in [-0.2, 0) is 10.2 Å². The molecule has 0 aromatic heterocycles. The first-order valence-electron chi connectivity index (χ1n) is 4.82. The lowest BCUT2D eigenvalue weighted by molar-refractivity contribution is 0.208. The highest BCUT2D eigenvalue weighted by atomic mass is 32.2. The zero-order valence-electron chi connectivity index (χ0n) is 9.42. The van der Waals surface area contributed by atoms with Crippen molar-refractivity contribution in [3.05, 3.63) is 0 Å². The van der Waals surface area contributed by atoms with E-state index in [4.69, 9.17) is 10.2 Å². The molecule has 92 valence electrons. The maximum Gasteiger partial charge on any atom is 0.282 e. The molecule has 2 N–H and O–H groups in total. The normalized spacial score (nSPS) is 13.1. The SMILES string of the molecule is CC(C)N(C)S(=O)(=O)N(CCO)CCO. The van der Waals surface area contributed by atoms with Crippen molar-refractivity contribution < 1.29 is 18.6 Å². The Kier molecular flexibility index (Phi) is 6.30. The van der Waals surface area contributed by atoms with Gasteiger partial charge in [-0.1, -0.05) is 0 Å². The highest BCUT2D eigenvalue weighted by Crippen LogP contribution is 2.09. The third kappa shape index (κ3) is 4.04. The maximum atomic E-state index is 11.9. The van der Waals surface area contributed by atoms with Gasteiger partial charge in [-0.2, -0.15) is 17.0 Å². The van der Waals surface area contributed by atoms with E-state index >= 15 is 0 Å². The second-order valence-corrected chi connectivity index (χ2v) is 5.45. The third-order valence-corrected chi connectivity index (χ3v) is 4.28. The van der Waals surface area contributed by atoms with Gasteiger partial charge in [0.15, 0.2) is 0 Å². The molecule has 0 atom stereocenters. The molecule has 0 heterocycles. The summed E-state index contributed by atoms with van der Waals surface area (Å²) in [4.78, 5) is 0. The first kappa shape index (κ1) is 14.8. The third-order valence-electron chi connectivity index (χ3n) is 2.12. The van der Waals surface area contributed by atoms with E-state index in [9.17, 15) is 8.42 Å². The molecular formula is C8H20N2O4S. The number of rotatable bonds is 7. The number of aliphatic hydroxyl groups is 2. The summed E-state index contributed by atoms with van der Waals surface area (Å²) in [5.74, 6) is 0. The van der Waals surface area contributed by atoms with Gasteiger partial charge in [0.1, 0.15) is 0 Å². The fraction of sp³-hybridized carbons (Fsp3) is 1.00. The van der Waals surface area contributed by atoms with Crippen molar-refractivity contribution in [2.75, 3.05) is 33.4 Å². The van der Waals surface area contributed by atoms with E-state index in [-0.39, 0.29) is 32.3 Å². The van der Waals surface area contributed by atoms with E-state index < -0.39 is 10.2 Å². The Morgan fingerprint density at radius 1 is 1.13 bits per heavy atom. The zero-order chi connectivity index (χ0) is 12.1. The monoisotopic (exact) mass is 240 g/mol. The van der Waals surface area contributed by atoms with E-state index in [2.05, 4.69) is 0 Å². The molecule has 7 heteroatoms. The second kappa shape index (κ2) is 6.39. The van der Waals surface area contributed by atoms with Crippen LogP contribution in [0.2, 0.25) is 0 Å². The molecule has 0 bridgehead atoms. The van der Waals surface area contributed by atoms with Gasteiger partial charge in [-0.3, -0.25) is 0 Å². The Morgan fingerprint density at radius 3 is 1.80 bits per heavy atom. The van der Waals surface area contributed by atoms with Crippen LogP contribution in [0.1, 0.15) is 13.8 Å². The van der Waals surface area contributed by atoms with Gasteiger partial charge in [-0.25, -0.2) is 0 Å². The van der Waals surface area contributed by atoms with Crippen LogP contribution in [0.5, 0.6) is 0 Å². The molecule has 0 aromatic rings. The zero-order valence-corrected chi connectivity index (χ0v) is 10.2. The van der Waals surface area contributed by atoms with Crippen molar-refractivity contribution in [2.45, 2.75) is 19.9 Å². The van der Waals surface area contributed by atoms with Crippen LogP contribution < -0.4 is 0 Å². The van der Waals surface area contributed by atoms with E-state index in [1.807, 2.05) is 0 Å². The van der Waals surface area contributed by atoms with Crippen LogP contribution in [0.15, 0.2) is 0 Å². The van der Waals surface area contributed by atoms with Crippen molar-refractivity contribution in [1.82, 2.24) is 8.61 Å². The minimum Gasteiger partial charge on any atom is -0.395 e. The average Bonchev–Trinajstić information content (AvgIpc) is 2.16. The number of aliphatic hydroxyl groups excluding tert-OH is 2. The molecule has 0 spiro atoms. The first-order valence-corrected chi connectivity index (χ1v) is 6.22. The number of nitrogens with zero attached hydrogens (tertiary/aromatic N) is 2. The van der Waals surface area contributed by atoms with Gasteiger partial charge in [-0.15, -0.1) is 0 Å². The highest BCUT2D eigenvalue weighted by Gasteiger charge is 2.27. The fourth-order valence-electron chi connectivity index (χ4n) is 1.01. The molecule has 0 fully saturated rings. The average molecular weight is 240 g/mol. The lowest BCUT2D eigenvalue weighted by Crippen LogP contribution is -2.46. The van der Waals surface area contributed by atoms with Crippen LogP contribution in [0.3, 0.4) is 0 Å². The van der Waals surface area contributed by atoms with E-state index in [1.165, 1.54) is 11.4 Å². The minimum absolute atomic E-state index is 0.0000463. The van der Waals surface area contributed by atoms with Gasteiger partial charge in [0.25, 0.3) is 10.2 Å². The molecule has 0 rings (SSSR count). The van der Waals surface area contributed by atoms with Crippen molar-refractivity contribution in [1.29, 1.82) is 0 Å². The topological polar surface area (TPSA) is 81.1 Å². The van der Waals surface area contributed by atoms with Gasteiger partial charge < -0.3 is 10.2 Å². The Bertz CT molecular complexity index is 260. The number of hydrogen-bond donors (Lipinski definition) is 2. The molecule has 15 heavy (non-hydrogen) atoms. The van der Waals surface area contributed by atoms with Crippen molar-refractivity contribution in [3.63, 3.8) is 0 Å². The van der Waals surface area contributed by atoms with Gasteiger partial charge >= 0.3 is 0 Å². The lowest BCUT2D eigenvalue weighted by atomic mass is 10.4. The largest absolute Gasteiger partial charge is 0.395 e. The quantitative estimate of drug-likeness (QED) is 0.589. The summed E-state index contributed by atoms with van der Waals surface area (Å²) in [6.45, 7) is 3.00. The van der Waals surface area contributed by atoms with Crippen LogP contribution in [0, 0.1) is 0 Å². The molecule has 0 radical (unpaired) electrons. The van der Waals surface area contributed by atoms with Gasteiger partial charge in [0, 0.05) is 26.2 Å². The molecule has 0 saturated carbocycles. The number of hydrogen-bond acceptors (Lipinski definition) is 4. The predicted molar refractivity (Wildman–Crippen MR) is 57.6 cm³/mol. The second-order valence-electron chi connectivity index (χ2n) is 3.46. The Labute approximate surface area is 91.3 Å². The van der Waals surface area contributed by atoms with E-state index in [0.29, 0.717) is 0 Å². The minimum atomic E-state index is -3.58. The fourth-order valence-corrected chi connectivity index (χ4v) is 2.54. The van der Waals surface area contributed by atoms with Gasteiger partial charge in [0.05, 0.1) is 13.2 Å². The van der Waals surface area contributed by atoms with Crippen molar-refractivity contribution in [3.8, 4) is 0 Å². The molecule has 0 aliphatic rings. The first-order chi connectivity index (χ1) is 6.87. The smallest absolute Gasteiger partial charge is 0.282 e. The molecule has 0 aromatic carbocycles.